The van der Waals surface area contributed by atoms with Crippen LogP contribution in [0.1, 0.15) is 22.3 Å². The highest BCUT2D eigenvalue weighted by atomic mass is 19.2. The number of nitrogens with one attached hydrogen (secondary N) is 4. The van der Waals surface area contributed by atoms with Gasteiger partial charge in [-0.2, -0.15) is 0 Å². The molecular weight excluding hydrogens is 1260 g/mol. The Morgan fingerprint density at radius 2 is 0.554 bits per heavy atom. The van der Waals surface area contributed by atoms with Crippen molar-refractivity contribution in [2.24, 2.45) is 9.98 Å². The zero-order chi connectivity index (χ0) is 65.0. The number of benzene rings is 8. The zero-order valence-corrected chi connectivity index (χ0v) is 44.4. The highest BCUT2D eigenvalue weighted by Crippen LogP contribution is 2.44. The minimum absolute atomic E-state index is 0.00700. The fraction of sp³-hybridized carbons (Fsp3) is 0. The maximum absolute atomic E-state index is 16.6. The maximum atomic E-state index is 16.6. The van der Waals surface area contributed by atoms with Crippen molar-refractivity contribution in [1.82, 2.24) is 20.6 Å². The van der Waals surface area contributed by atoms with Gasteiger partial charge in [0.1, 0.15) is 0 Å². The van der Waals surface area contributed by atoms with Gasteiger partial charge in [-0.15, -0.1) is 0 Å². The van der Waals surface area contributed by atoms with E-state index in [2.05, 4.69) is 30.6 Å². The lowest BCUT2D eigenvalue weighted by Crippen LogP contribution is -2.23. The second-order valence-corrected chi connectivity index (χ2v) is 21.0. The van der Waals surface area contributed by atoms with Gasteiger partial charge in [0.15, 0.2) is 93.1 Å². The molecule has 2 aromatic heterocycles. The van der Waals surface area contributed by atoms with E-state index in [1.807, 2.05) is 0 Å². The second-order valence-electron chi connectivity index (χ2n) is 21.0. The molecule has 0 fully saturated rings. The summed E-state index contributed by atoms with van der Waals surface area (Å²) >= 11 is 0. The predicted octanol–water partition coefficient (Wildman–Crippen LogP) is 12.5. The van der Waals surface area contributed by atoms with Crippen LogP contribution in [-0.4, -0.2) is 33.2 Å². The molecule has 5 aliphatic rings. The van der Waals surface area contributed by atoms with Crippen LogP contribution in [0.3, 0.4) is 0 Å². The van der Waals surface area contributed by atoms with Crippen LogP contribution >= 0.6 is 0 Å². The van der Waals surface area contributed by atoms with Gasteiger partial charge in [0.05, 0.1) is 78.6 Å². The van der Waals surface area contributed by atoms with Crippen molar-refractivity contribution in [3.8, 4) is 0 Å². The number of aliphatic imine (C=N–C) groups is 2. The van der Waals surface area contributed by atoms with Crippen LogP contribution in [0.5, 0.6) is 0 Å². The molecule has 92 heavy (non-hydrogen) atoms. The number of hydrogen-bond donors (Lipinski definition) is 4. The van der Waals surface area contributed by atoms with Gasteiger partial charge in [-0.1, -0.05) is 48.5 Å². The van der Waals surface area contributed by atoms with Gasteiger partial charge in [0, 0.05) is 54.2 Å². The predicted molar refractivity (Wildman–Crippen MR) is 289 cm³/mol. The van der Waals surface area contributed by atoms with Crippen LogP contribution in [-0.2, 0) is 9.59 Å². The molecule has 0 radical (unpaired) electrons. The zero-order valence-electron chi connectivity index (χ0n) is 44.4. The summed E-state index contributed by atoms with van der Waals surface area (Å²) in [6, 6.07) is 12.7. The van der Waals surface area contributed by atoms with Gasteiger partial charge in [-0.25, -0.2) is 97.8 Å². The van der Waals surface area contributed by atoms with E-state index in [0.29, 0.717) is 12.2 Å². The molecule has 8 nitrogen and oxygen atoms in total. The lowest BCUT2D eigenvalue weighted by atomic mass is 9.93. The van der Waals surface area contributed by atoms with Gasteiger partial charge < -0.3 is 20.6 Å². The highest BCUT2D eigenvalue weighted by molar-refractivity contribution is 6.44. The Morgan fingerprint density at radius 3 is 0.848 bits per heavy atom. The van der Waals surface area contributed by atoms with Gasteiger partial charge in [-0.05, 0) is 58.0 Å². The van der Waals surface area contributed by atoms with Gasteiger partial charge in [0.2, 0.25) is 23.3 Å². The Kier molecular flexibility index (Phi) is 12.2. The molecular formula is C64H18F20N6O2. The molecule has 0 atom stereocenters. The van der Waals surface area contributed by atoms with Crippen LogP contribution in [0.25, 0.3) is 77.8 Å². The number of carbonyl (C=O) groups excluding carboxylic acids is 2. The molecule has 0 saturated heterocycles. The molecule has 2 amide bonds. The number of aromatic amines is 2. The molecule has 15 rings (SSSR count). The number of fused-ring (bicyclic) bond motifs is 10. The Morgan fingerprint density at radius 1 is 0.293 bits per heavy atom. The Labute approximate surface area is 494 Å². The SMILES string of the molecule is O=C1NC2=C(c3c(F)c(F)c(F)c(F)c3F)C3=Nc4c5c(c6ccccc6c4=C3)=CC(=N5)C(c3c(F)c(F)c(F)c(F)c3F)=C3C=C(C(=O)N3)C(c3c(F)c(F)c(F)c(F)c3F)=c3cc4c5ccccc5c5cc([nH]c5c4[nH]3)=C(c3c(F)c(F)c(F)c(F)c3F)C1=C2. The Hall–Kier alpha value is -11.3. The summed E-state index contributed by atoms with van der Waals surface area (Å²) in [4.78, 5) is 43.8. The van der Waals surface area contributed by atoms with Crippen molar-refractivity contribution >= 4 is 112 Å². The average Bonchev–Trinajstić information content (AvgIpc) is 1.55. The minimum atomic E-state index is -2.73. The quantitative estimate of drug-likeness (QED) is 0.0799. The minimum Gasteiger partial charge on any atom is -0.353 e. The molecule has 5 aliphatic heterocycles. The number of rotatable bonds is 4. The largest absolute Gasteiger partial charge is 0.353 e. The summed E-state index contributed by atoms with van der Waals surface area (Å²) in [5.41, 5.74) is -21.0. The third-order valence-corrected chi connectivity index (χ3v) is 16.2. The number of hydrogen-bond acceptors (Lipinski definition) is 4. The van der Waals surface area contributed by atoms with Crippen LogP contribution in [0, 0.1) is 116 Å². The van der Waals surface area contributed by atoms with Crippen molar-refractivity contribution in [1.29, 1.82) is 0 Å². The topological polar surface area (TPSA) is 114 Å². The summed E-state index contributed by atoms with van der Waals surface area (Å²) < 4.78 is 318. The number of amides is 2. The highest BCUT2D eigenvalue weighted by Gasteiger charge is 2.41. The lowest BCUT2D eigenvalue weighted by molar-refractivity contribution is -0.116. The number of aromatic nitrogens is 2. The average molecular weight is 1280 g/mol. The van der Waals surface area contributed by atoms with Gasteiger partial charge in [0.25, 0.3) is 11.8 Å². The van der Waals surface area contributed by atoms with E-state index < -0.39 is 240 Å². The first-order valence-corrected chi connectivity index (χ1v) is 26.2. The summed E-state index contributed by atoms with van der Waals surface area (Å²) in [7, 11) is 0. The second kappa shape index (κ2) is 19.6. The molecule has 8 aromatic carbocycles. The van der Waals surface area contributed by atoms with E-state index in [1.54, 1.807) is 0 Å². The van der Waals surface area contributed by atoms with Gasteiger partial charge in [-0.3, -0.25) is 9.59 Å². The molecule has 0 saturated carbocycles. The first-order chi connectivity index (χ1) is 43.8. The first-order valence-electron chi connectivity index (χ1n) is 26.2. The van der Waals surface area contributed by atoms with E-state index in [9.17, 15) is 27.2 Å². The molecule has 456 valence electrons. The van der Waals surface area contributed by atoms with Crippen LogP contribution in [0.2, 0.25) is 0 Å². The van der Waals surface area contributed by atoms with E-state index in [-0.39, 0.29) is 42.8 Å². The smallest absolute Gasteiger partial charge is 0.256 e. The first kappa shape index (κ1) is 57.1. The van der Waals surface area contributed by atoms with Crippen molar-refractivity contribution in [2.45, 2.75) is 0 Å². The number of carbonyl (C=O) groups is 2. The molecule has 0 unspecified atom stereocenters. The normalized spacial score (nSPS) is 15.3. The molecule has 0 spiro atoms. The summed E-state index contributed by atoms with van der Waals surface area (Å²) in [6.07, 6.45) is 2.71. The molecule has 28 heteroatoms. The fourth-order valence-corrected chi connectivity index (χ4v) is 12.2. The molecule has 12 bridgehead atoms. The third kappa shape index (κ3) is 7.56. The Balaban J connectivity index is 1.20. The summed E-state index contributed by atoms with van der Waals surface area (Å²) in [6.45, 7) is 0. The van der Waals surface area contributed by atoms with E-state index >= 15 is 70.2 Å². The van der Waals surface area contributed by atoms with Crippen LogP contribution in [0.15, 0.2) is 105 Å². The number of allylic oxidation sites excluding steroid dienone is 4. The maximum Gasteiger partial charge on any atom is 0.256 e. The van der Waals surface area contributed by atoms with Crippen LogP contribution in [0.4, 0.5) is 99.2 Å². The molecule has 7 heterocycles. The molecule has 0 aliphatic carbocycles. The lowest BCUT2D eigenvalue weighted by Gasteiger charge is -2.14. The summed E-state index contributed by atoms with van der Waals surface area (Å²) in [5.74, 6) is -56.2. The fourth-order valence-electron chi connectivity index (χ4n) is 12.2. The van der Waals surface area contributed by atoms with Gasteiger partial charge >= 0.3 is 0 Å². The van der Waals surface area contributed by atoms with Crippen molar-refractivity contribution < 1.29 is 97.4 Å². The molecule has 10 aromatic rings. The van der Waals surface area contributed by atoms with Crippen molar-refractivity contribution in [3.05, 3.63) is 255 Å². The summed E-state index contributed by atoms with van der Waals surface area (Å²) in [5, 5.41) is 1.69. The Bertz CT molecular complexity index is 5400. The monoisotopic (exact) mass is 1280 g/mol. The van der Waals surface area contributed by atoms with E-state index in [0.717, 1.165) is 24.3 Å². The number of halogens is 20. The number of nitrogens with zero attached hydrogens (tertiary/aromatic N) is 2. The van der Waals surface area contributed by atoms with Crippen LogP contribution < -0.4 is 31.8 Å². The van der Waals surface area contributed by atoms with E-state index in [1.165, 1.54) is 48.5 Å². The third-order valence-electron chi connectivity index (χ3n) is 16.2. The van der Waals surface area contributed by atoms with Crippen molar-refractivity contribution in [2.75, 3.05) is 0 Å². The number of H-pyrrole nitrogens is 2. The standard InChI is InChI=1S/C64H18F20N6O2/c65-39-35(40(66)48(74)55(81)47(39)73)31-23-13-29(89-63(23)91)33(37-43(69)51(77)57(83)52(78)44(37)70)27-11-21-17-7-3-4-8-18(17)22-12-28(88-62(22)61(21)87-27)34(38-45(71)53(79)58(84)54(80)46(38)72)30-14-24(64(92)90-30)32(36-41(67)49(75)56(82)50(76)42(36)68)26-10-20-16-6-2-1-5-15(16)19-9-25(31)85-59(19)60(20)86-26/h1-14,85-86H,(H,89,91)(H,90,92). The van der Waals surface area contributed by atoms with Crippen molar-refractivity contribution in [3.63, 3.8) is 0 Å². The van der Waals surface area contributed by atoms with E-state index in [4.69, 9.17) is 0 Å². The molecule has 4 N–H and O–H groups in total.